The number of rotatable bonds is 6. The summed E-state index contributed by atoms with van der Waals surface area (Å²) in [6, 6.07) is 12.8. The molecule has 0 aliphatic heterocycles. The topological polar surface area (TPSA) is 64.4 Å². The Hall–Kier alpha value is -2.54. The number of ether oxygens (including phenoxy) is 1. The van der Waals surface area contributed by atoms with Crippen molar-refractivity contribution >= 4 is 5.91 Å². The van der Waals surface area contributed by atoms with Gasteiger partial charge in [-0.3, -0.25) is 4.79 Å². The fourth-order valence-corrected chi connectivity index (χ4v) is 2.17. The number of hydrogen-bond acceptors (Lipinski definition) is 3. The molecule has 134 valence electrons. The van der Waals surface area contributed by atoms with E-state index in [0.717, 1.165) is 11.1 Å². The number of amides is 1. The minimum Gasteiger partial charge on any atom is -0.484 e. The Bertz CT molecular complexity index is 698. The van der Waals surface area contributed by atoms with Crippen LogP contribution in [0.15, 0.2) is 48.5 Å². The first-order chi connectivity index (χ1) is 11.8. The fourth-order valence-electron chi connectivity index (χ4n) is 2.17. The van der Waals surface area contributed by atoms with Gasteiger partial charge in [0, 0.05) is 12.1 Å². The Labute approximate surface area is 143 Å². The molecular formula is C18H19F3N2O2. The Kier molecular flexibility index (Phi) is 6.03. The van der Waals surface area contributed by atoms with Gasteiger partial charge in [-0.25, -0.2) is 0 Å². The van der Waals surface area contributed by atoms with Crippen LogP contribution in [-0.4, -0.2) is 18.7 Å². The van der Waals surface area contributed by atoms with Gasteiger partial charge >= 0.3 is 6.18 Å². The van der Waals surface area contributed by atoms with E-state index in [1.54, 1.807) is 43.3 Å². The third kappa shape index (κ3) is 5.79. The molecule has 1 amide bonds. The average Bonchev–Trinajstić information content (AvgIpc) is 2.59. The average molecular weight is 352 g/mol. The smallest absolute Gasteiger partial charge is 0.422 e. The third-order valence-corrected chi connectivity index (χ3v) is 3.58. The lowest BCUT2D eigenvalue weighted by Gasteiger charge is -2.15. The summed E-state index contributed by atoms with van der Waals surface area (Å²) in [7, 11) is 0. The standard InChI is InChI=1S/C18H19F3N2O2/c1-12(23-17(24)15-4-2-13(10-22)3-5-15)14-6-8-16(9-7-14)25-11-18(19,20)21/h2-9,12H,10-11,22H2,1H3,(H,23,24). The number of carbonyl (C=O) groups excluding carboxylic acids is 1. The van der Waals surface area contributed by atoms with Gasteiger partial charge in [-0.15, -0.1) is 0 Å². The highest BCUT2D eigenvalue weighted by atomic mass is 19.4. The van der Waals surface area contributed by atoms with Crippen molar-refractivity contribution in [3.05, 3.63) is 65.2 Å². The van der Waals surface area contributed by atoms with Gasteiger partial charge in [0.25, 0.3) is 5.91 Å². The molecule has 0 aromatic heterocycles. The van der Waals surface area contributed by atoms with Crippen molar-refractivity contribution in [3.63, 3.8) is 0 Å². The number of halogens is 3. The molecule has 0 radical (unpaired) electrons. The van der Waals surface area contributed by atoms with E-state index in [4.69, 9.17) is 5.73 Å². The molecule has 0 bridgehead atoms. The van der Waals surface area contributed by atoms with E-state index in [-0.39, 0.29) is 17.7 Å². The predicted molar refractivity (Wildman–Crippen MR) is 88.2 cm³/mol. The quantitative estimate of drug-likeness (QED) is 0.835. The van der Waals surface area contributed by atoms with Gasteiger partial charge in [-0.05, 0) is 42.3 Å². The normalized spacial score (nSPS) is 12.5. The first-order valence-electron chi connectivity index (χ1n) is 7.68. The molecule has 0 saturated heterocycles. The lowest BCUT2D eigenvalue weighted by atomic mass is 10.1. The first kappa shape index (κ1) is 18.8. The van der Waals surface area contributed by atoms with Crippen molar-refractivity contribution in [3.8, 4) is 5.75 Å². The predicted octanol–water partition coefficient (Wildman–Crippen LogP) is 3.58. The summed E-state index contributed by atoms with van der Waals surface area (Å²) in [5, 5.41) is 2.83. The lowest BCUT2D eigenvalue weighted by molar-refractivity contribution is -0.153. The van der Waals surface area contributed by atoms with E-state index >= 15 is 0 Å². The van der Waals surface area contributed by atoms with Crippen molar-refractivity contribution in [2.45, 2.75) is 25.7 Å². The Morgan fingerprint density at radius 2 is 1.72 bits per heavy atom. The molecule has 0 aliphatic rings. The van der Waals surface area contributed by atoms with Crippen molar-refractivity contribution in [1.29, 1.82) is 0 Å². The van der Waals surface area contributed by atoms with Crippen LogP contribution in [0.2, 0.25) is 0 Å². The summed E-state index contributed by atoms with van der Waals surface area (Å²) in [4.78, 5) is 12.2. The number of benzene rings is 2. The highest BCUT2D eigenvalue weighted by Crippen LogP contribution is 2.21. The van der Waals surface area contributed by atoms with E-state index < -0.39 is 12.8 Å². The van der Waals surface area contributed by atoms with E-state index in [2.05, 4.69) is 10.1 Å². The molecule has 3 N–H and O–H groups in total. The van der Waals surface area contributed by atoms with E-state index in [1.807, 2.05) is 0 Å². The van der Waals surface area contributed by atoms with E-state index in [9.17, 15) is 18.0 Å². The van der Waals surface area contributed by atoms with Gasteiger partial charge in [0.15, 0.2) is 6.61 Å². The molecule has 0 heterocycles. The van der Waals surface area contributed by atoms with Crippen LogP contribution in [0.5, 0.6) is 5.75 Å². The Morgan fingerprint density at radius 1 is 1.12 bits per heavy atom. The van der Waals surface area contributed by atoms with Gasteiger partial charge < -0.3 is 15.8 Å². The second kappa shape index (κ2) is 8.02. The van der Waals surface area contributed by atoms with Crippen LogP contribution in [0.25, 0.3) is 0 Å². The molecule has 2 aromatic carbocycles. The van der Waals surface area contributed by atoms with Gasteiger partial charge in [0.1, 0.15) is 5.75 Å². The molecule has 25 heavy (non-hydrogen) atoms. The molecule has 0 fully saturated rings. The third-order valence-electron chi connectivity index (χ3n) is 3.58. The van der Waals surface area contributed by atoms with Gasteiger partial charge in [-0.1, -0.05) is 24.3 Å². The molecular weight excluding hydrogens is 333 g/mol. The minimum atomic E-state index is -4.38. The van der Waals surface area contributed by atoms with Crippen molar-refractivity contribution in [2.24, 2.45) is 5.73 Å². The number of nitrogens with two attached hydrogens (primary N) is 1. The number of hydrogen-bond donors (Lipinski definition) is 2. The van der Waals surface area contributed by atoms with Crippen molar-refractivity contribution < 1.29 is 22.7 Å². The molecule has 2 rings (SSSR count). The van der Waals surface area contributed by atoms with Gasteiger partial charge in [0.2, 0.25) is 0 Å². The van der Waals surface area contributed by atoms with Crippen molar-refractivity contribution in [1.82, 2.24) is 5.32 Å². The fraction of sp³-hybridized carbons (Fsp3) is 0.278. The zero-order chi connectivity index (χ0) is 18.4. The molecule has 0 saturated carbocycles. The van der Waals surface area contributed by atoms with Crippen LogP contribution < -0.4 is 15.8 Å². The van der Waals surface area contributed by atoms with Crippen LogP contribution in [-0.2, 0) is 6.54 Å². The summed E-state index contributed by atoms with van der Waals surface area (Å²) < 4.78 is 41.0. The van der Waals surface area contributed by atoms with Crippen LogP contribution in [0.3, 0.4) is 0 Å². The Balaban J connectivity index is 1.95. The number of carbonyl (C=O) groups is 1. The molecule has 4 nitrogen and oxygen atoms in total. The maximum atomic E-state index is 12.2. The van der Waals surface area contributed by atoms with Crippen LogP contribution in [0, 0.1) is 0 Å². The molecule has 0 aliphatic carbocycles. The number of alkyl halides is 3. The van der Waals surface area contributed by atoms with E-state index in [1.165, 1.54) is 12.1 Å². The maximum Gasteiger partial charge on any atom is 0.422 e. The molecule has 7 heteroatoms. The van der Waals surface area contributed by atoms with Crippen LogP contribution >= 0.6 is 0 Å². The van der Waals surface area contributed by atoms with Gasteiger partial charge in [-0.2, -0.15) is 13.2 Å². The number of nitrogens with one attached hydrogen (secondary N) is 1. The maximum absolute atomic E-state index is 12.2. The summed E-state index contributed by atoms with van der Waals surface area (Å²) in [6.45, 7) is 0.857. The lowest BCUT2D eigenvalue weighted by Crippen LogP contribution is -2.26. The highest BCUT2D eigenvalue weighted by molar-refractivity contribution is 5.94. The highest BCUT2D eigenvalue weighted by Gasteiger charge is 2.28. The summed E-state index contributed by atoms with van der Waals surface area (Å²) in [5.41, 5.74) is 7.71. The monoisotopic (exact) mass is 352 g/mol. The van der Waals surface area contributed by atoms with E-state index in [0.29, 0.717) is 12.1 Å². The first-order valence-corrected chi connectivity index (χ1v) is 7.68. The minimum absolute atomic E-state index is 0.122. The second-order valence-corrected chi connectivity index (χ2v) is 5.57. The summed E-state index contributed by atoms with van der Waals surface area (Å²) in [5.74, 6) is -0.120. The van der Waals surface area contributed by atoms with Crippen LogP contribution in [0.4, 0.5) is 13.2 Å². The summed E-state index contributed by atoms with van der Waals surface area (Å²) in [6.07, 6.45) is -4.38. The van der Waals surface area contributed by atoms with Gasteiger partial charge in [0.05, 0.1) is 6.04 Å². The zero-order valence-electron chi connectivity index (χ0n) is 13.6. The van der Waals surface area contributed by atoms with Crippen LogP contribution in [0.1, 0.15) is 34.5 Å². The summed E-state index contributed by atoms with van der Waals surface area (Å²) >= 11 is 0. The largest absolute Gasteiger partial charge is 0.484 e. The molecule has 2 aromatic rings. The molecule has 1 unspecified atom stereocenters. The SMILES string of the molecule is CC(NC(=O)c1ccc(CN)cc1)c1ccc(OCC(F)(F)F)cc1. The second-order valence-electron chi connectivity index (χ2n) is 5.57. The molecule has 0 spiro atoms. The van der Waals surface area contributed by atoms with Crippen molar-refractivity contribution in [2.75, 3.05) is 6.61 Å². The molecule has 1 atom stereocenters. The zero-order valence-corrected chi connectivity index (χ0v) is 13.6. The Morgan fingerprint density at radius 3 is 2.24 bits per heavy atom.